The van der Waals surface area contributed by atoms with Crippen LogP contribution >= 0.6 is 0 Å². The number of benzene rings is 5. The molecule has 6 heteroatoms. The third kappa shape index (κ3) is 4.57. The third-order valence-electron chi connectivity index (χ3n) is 9.12. The maximum atomic E-state index is 5.59. The second-order valence-electron chi connectivity index (χ2n) is 11.8. The molecule has 0 atom stereocenters. The van der Waals surface area contributed by atoms with Crippen LogP contribution in [-0.2, 0) is 21.1 Å². The van der Waals surface area contributed by atoms with Gasteiger partial charge in [0.1, 0.15) is 22.9 Å². The summed E-state index contributed by atoms with van der Waals surface area (Å²) >= 11 is 0. The molecule has 0 fully saturated rings. The molecule has 0 unspecified atom stereocenters. The first-order chi connectivity index (χ1) is 23.2. The number of aryl methyl sites for hydroxylation is 1. The Hall–Kier alpha value is -5.51. The Morgan fingerprint density at radius 1 is 0.625 bits per heavy atom. The largest absolute Gasteiger partial charge is 0.497 e. The van der Waals surface area contributed by atoms with E-state index in [1.165, 1.54) is 11.1 Å². The molecule has 5 aromatic carbocycles. The van der Waals surface area contributed by atoms with Crippen molar-refractivity contribution in [3.05, 3.63) is 151 Å². The monoisotopic (exact) mass is 800 g/mol. The molecule has 0 radical (unpaired) electrons. The van der Waals surface area contributed by atoms with Crippen LogP contribution in [0.4, 0.5) is 0 Å². The fraction of sp³-hybridized carbons (Fsp3) is 0.0476. The van der Waals surface area contributed by atoms with Gasteiger partial charge in [0.05, 0.1) is 18.1 Å². The number of rotatable bonds is 5. The maximum Gasteiger partial charge on any atom is 0.149 e. The number of hydrogen-bond donors (Lipinski definition) is 0. The van der Waals surface area contributed by atoms with Crippen LogP contribution in [-0.4, -0.2) is 26.2 Å². The normalized spacial score (nSPS) is 11.4. The number of para-hydroxylation sites is 2. The Balaban J connectivity index is 0.00000336. The Labute approximate surface area is 292 Å². The van der Waals surface area contributed by atoms with Gasteiger partial charge in [-0.1, -0.05) is 90.0 Å². The van der Waals surface area contributed by atoms with Gasteiger partial charge >= 0.3 is 0 Å². The van der Waals surface area contributed by atoms with Crippen molar-refractivity contribution in [3.63, 3.8) is 0 Å². The molecule has 4 aromatic heterocycles. The van der Waals surface area contributed by atoms with Gasteiger partial charge in [-0.25, -0.2) is 9.97 Å². The van der Waals surface area contributed by atoms with Crippen molar-refractivity contribution in [3.8, 4) is 39.5 Å². The number of pyridine rings is 2. The Bertz CT molecular complexity index is 2620. The maximum absolute atomic E-state index is 5.59. The summed E-state index contributed by atoms with van der Waals surface area (Å²) in [5.41, 5.74) is 10.4. The minimum Gasteiger partial charge on any atom is -0.497 e. The van der Waals surface area contributed by atoms with Crippen LogP contribution in [0.2, 0.25) is 0 Å². The quantitative estimate of drug-likeness (QED) is 0.163. The molecular formula is C42H29N4OPt-. The van der Waals surface area contributed by atoms with E-state index in [9.17, 15) is 0 Å². The Kier molecular flexibility index (Phi) is 7.43. The molecule has 0 spiro atoms. The van der Waals surface area contributed by atoms with Crippen molar-refractivity contribution < 1.29 is 25.8 Å². The van der Waals surface area contributed by atoms with Crippen molar-refractivity contribution in [2.75, 3.05) is 7.11 Å². The zero-order valence-electron chi connectivity index (χ0n) is 26.3. The fourth-order valence-corrected chi connectivity index (χ4v) is 7.01. The van der Waals surface area contributed by atoms with Crippen LogP contribution < -0.4 is 4.74 Å². The average molecular weight is 801 g/mol. The molecule has 9 aromatic rings. The first-order valence-electron chi connectivity index (χ1n) is 15.7. The number of aromatic nitrogens is 4. The summed E-state index contributed by atoms with van der Waals surface area (Å²) < 4.78 is 10.0. The van der Waals surface area contributed by atoms with E-state index >= 15 is 0 Å². The van der Waals surface area contributed by atoms with Gasteiger partial charge in [0, 0.05) is 54.4 Å². The van der Waals surface area contributed by atoms with E-state index in [1.807, 2.05) is 36.5 Å². The minimum absolute atomic E-state index is 0. The van der Waals surface area contributed by atoms with Crippen molar-refractivity contribution in [2.24, 2.45) is 0 Å². The second kappa shape index (κ2) is 11.9. The number of ether oxygens (including phenoxy) is 1. The van der Waals surface area contributed by atoms with Crippen molar-refractivity contribution in [1.29, 1.82) is 0 Å². The molecule has 5 nitrogen and oxygen atoms in total. The molecule has 9 rings (SSSR count). The van der Waals surface area contributed by atoms with Crippen LogP contribution in [0.25, 0.3) is 77.6 Å². The van der Waals surface area contributed by atoms with Crippen LogP contribution in [0.15, 0.2) is 140 Å². The van der Waals surface area contributed by atoms with Crippen LogP contribution in [0.5, 0.6) is 5.75 Å². The molecular weight excluding hydrogens is 772 g/mol. The van der Waals surface area contributed by atoms with E-state index in [0.717, 1.165) is 77.8 Å². The number of methoxy groups -OCH3 is 1. The van der Waals surface area contributed by atoms with Crippen LogP contribution in [0, 0.1) is 13.0 Å². The first-order valence-corrected chi connectivity index (χ1v) is 15.7. The predicted octanol–water partition coefficient (Wildman–Crippen LogP) is 10.1. The predicted molar refractivity (Wildman–Crippen MR) is 192 cm³/mol. The van der Waals surface area contributed by atoms with Gasteiger partial charge in [0.15, 0.2) is 0 Å². The molecule has 0 aliphatic rings. The zero-order valence-corrected chi connectivity index (χ0v) is 28.6. The van der Waals surface area contributed by atoms with E-state index in [1.54, 1.807) is 7.11 Å². The second-order valence-corrected chi connectivity index (χ2v) is 11.8. The smallest absolute Gasteiger partial charge is 0.149 e. The molecule has 48 heavy (non-hydrogen) atoms. The molecule has 0 amide bonds. The van der Waals surface area contributed by atoms with Gasteiger partial charge in [-0.15, -0.1) is 29.8 Å². The molecule has 0 aliphatic heterocycles. The van der Waals surface area contributed by atoms with Crippen LogP contribution in [0.1, 0.15) is 5.56 Å². The first kappa shape index (κ1) is 29.9. The van der Waals surface area contributed by atoms with E-state index in [0.29, 0.717) is 0 Å². The van der Waals surface area contributed by atoms with Gasteiger partial charge in [-0.2, -0.15) is 0 Å². The molecule has 4 heterocycles. The van der Waals surface area contributed by atoms with Gasteiger partial charge in [-0.05, 0) is 54.6 Å². The Morgan fingerprint density at radius 2 is 1.27 bits per heavy atom. The third-order valence-corrected chi connectivity index (χ3v) is 9.12. The molecule has 0 N–H and O–H groups in total. The van der Waals surface area contributed by atoms with Crippen LogP contribution in [0.3, 0.4) is 0 Å². The SMILES string of the molecule is COc1ccc(-c2c3c4ccccc4n(-c4[c-]c(-c5ccccc5C)ccc4)c3nc3c2c2ccccc2n3-c2ccccn2)cc1.[Pt]. The number of fused-ring (bicyclic) bond motifs is 6. The van der Waals surface area contributed by atoms with E-state index in [2.05, 4.69) is 125 Å². The van der Waals surface area contributed by atoms with Gasteiger partial charge in [-0.3, -0.25) is 4.57 Å². The topological polar surface area (TPSA) is 44.9 Å². The summed E-state index contributed by atoms with van der Waals surface area (Å²) in [6, 6.07) is 50.1. The van der Waals surface area contributed by atoms with E-state index < -0.39 is 0 Å². The minimum atomic E-state index is 0. The molecule has 234 valence electrons. The van der Waals surface area contributed by atoms with E-state index in [-0.39, 0.29) is 21.1 Å². The zero-order chi connectivity index (χ0) is 31.5. The summed E-state index contributed by atoms with van der Waals surface area (Å²) in [5.74, 6) is 1.64. The summed E-state index contributed by atoms with van der Waals surface area (Å²) in [4.78, 5) is 10.4. The summed E-state index contributed by atoms with van der Waals surface area (Å²) in [5, 5.41) is 4.44. The fourth-order valence-electron chi connectivity index (χ4n) is 7.01. The Morgan fingerprint density at radius 3 is 1.96 bits per heavy atom. The molecule has 0 aliphatic carbocycles. The summed E-state index contributed by atoms with van der Waals surface area (Å²) in [7, 11) is 1.70. The van der Waals surface area contributed by atoms with Gasteiger partial charge in [0.25, 0.3) is 0 Å². The molecule has 0 saturated carbocycles. The number of nitrogens with zero attached hydrogens (tertiary/aromatic N) is 4. The van der Waals surface area contributed by atoms with Crippen molar-refractivity contribution >= 4 is 43.9 Å². The van der Waals surface area contributed by atoms with Crippen molar-refractivity contribution in [2.45, 2.75) is 6.92 Å². The summed E-state index contributed by atoms with van der Waals surface area (Å²) in [6.45, 7) is 2.15. The van der Waals surface area contributed by atoms with Gasteiger partial charge < -0.3 is 9.30 Å². The van der Waals surface area contributed by atoms with E-state index in [4.69, 9.17) is 14.7 Å². The molecule has 0 bridgehead atoms. The standard InChI is InChI=1S/C42H29N4O.Pt/c1-27-12-3-4-15-32(27)29-13-11-14-30(26-29)45-35-18-7-5-16-33(35)39-38(28-21-23-31(47-2)24-22-28)40-34-17-6-8-19-36(34)46(42(40)44-41(39)45)37-20-9-10-25-43-37;/h3-25H,1-2H3;/q-1;. The molecule has 0 saturated heterocycles. The average Bonchev–Trinajstić information content (AvgIpc) is 3.64. The van der Waals surface area contributed by atoms with Crippen molar-refractivity contribution in [1.82, 2.24) is 19.1 Å². The summed E-state index contributed by atoms with van der Waals surface area (Å²) in [6.07, 6.45) is 1.84. The van der Waals surface area contributed by atoms with Gasteiger partial charge in [0.2, 0.25) is 0 Å². The number of hydrogen-bond acceptors (Lipinski definition) is 3.